The lowest BCUT2D eigenvalue weighted by atomic mass is 9.89. The van der Waals surface area contributed by atoms with Crippen LogP contribution in [0.2, 0.25) is 0 Å². The summed E-state index contributed by atoms with van der Waals surface area (Å²) in [7, 11) is 0. The van der Waals surface area contributed by atoms with Gasteiger partial charge in [0.05, 0.1) is 17.3 Å². The number of amides is 3. The normalized spacial score (nSPS) is 15.8. The number of anilines is 3. The van der Waals surface area contributed by atoms with Crippen LogP contribution in [0.5, 0.6) is 0 Å². The summed E-state index contributed by atoms with van der Waals surface area (Å²) in [6.07, 6.45) is 5.51. The van der Waals surface area contributed by atoms with Crippen molar-refractivity contribution in [2.24, 2.45) is 0 Å². The first kappa shape index (κ1) is 27.1. The van der Waals surface area contributed by atoms with E-state index in [0.29, 0.717) is 23.5 Å². The summed E-state index contributed by atoms with van der Waals surface area (Å²) in [5, 5.41) is 5.79. The second kappa shape index (κ2) is 12.6. The number of rotatable bonds is 8. The van der Waals surface area contributed by atoms with Gasteiger partial charge in [0.15, 0.2) is 0 Å². The summed E-state index contributed by atoms with van der Waals surface area (Å²) in [4.78, 5) is 39.8. The largest absolute Gasteiger partial charge is 0.397 e. The van der Waals surface area contributed by atoms with Crippen LogP contribution < -0.4 is 16.4 Å². The molecule has 3 aromatic carbocycles. The highest BCUT2D eigenvalue weighted by Gasteiger charge is 2.32. The number of nitrogens with one attached hydrogen (secondary N) is 2. The maximum atomic E-state index is 13.5. The molecular weight excluding hydrogens is 544 g/mol. The summed E-state index contributed by atoms with van der Waals surface area (Å²) in [6.45, 7) is 2.31. The Hall–Kier alpha value is -3.91. The SMILES string of the molecule is CC(=O)N1CCCC1CC(C(=O)Nc1ccc(Br)cc1)c1ccc(/C=C/C(=O)Nc2ccccc2N)cc1. The molecule has 0 aromatic heterocycles. The summed E-state index contributed by atoms with van der Waals surface area (Å²) in [5.41, 5.74) is 9.33. The number of carbonyl (C=O) groups is 3. The van der Waals surface area contributed by atoms with Crippen LogP contribution in [0, 0.1) is 0 Å². The van der Waals surface area contributed by atoms with Crippen molar-refractivity contribution in [1.82, 2.24) is 4.90 Å². The molecule has 38 heavy (non-hydrogen) atoms. The highest BCUT2D eigenvalue weighted by molar-refractivity contribution is 9.10. The summed E-state index contributed by atoms with van der Waals surface area (Å²) in [6, 6.07) is 22.1. The molecule has 1 saturated heterocycles. The first-order valence-electron chi connectivity index (χ1n) is 12.6. The molecule has 8 heteroatoms. The summed E-state index contributed by atoms with van der Waals surface area (Å²) < 4.78 is 0.930. The molecule has 0 saturated carbocycles. The molecule has 196 valence electrons. The van der Waals surface area contributed by atoms with E-state index < -0.39 is 5.92 Å². The Bertz CT molecular complexity index is 1320. The van der Waals surface area contributed by atoms with E-state index in [0.717, 1.165) is 35.0 Å². The van der Waals surface area contributed by atoms with E-state index in [-0.39, 0.29) is 23.8 Å². The fourth-order valence-electron chi connectivity index (χ4n) is 4.72. The topological polar surface area (TPSA) is 105 Å². The first-order valence-corrected chi connectivity index (χ1v) is 13.4. The number of nitrogens with zero attached hydrogens (tertiary/aromatic N) is 1. The first-order chi connectivity index (χ1) is 18.3. The van der Waals surface area contributed by atoms with Crippen LogP contribution in [-0.2, 0) is 14.4 Å². The van der Waals surface area contributed by atoms with Crippen molar-refractivity contribution in [1.29, 1.82) is 0 Å². The molecule has 1 fully saturated rings. The zero-order valence-electron chi connectivity index (χ0n) is 21.2. The monoisotopic (exact) mass is 574 g/mol. The average molecular weight is 576 g/mol. The molecule has 0 aliphatic carbocycles. The van der Waals surface area contributed by atoms with Crippen LogP contribution in [0.1, 0.15) is 43.2 Å². The van der Waals surface area contributed by atoms with E-state index in [1.807, 2.05) is 53.4 Å². The number of nitrogen functional groups attached to an aromatic ring is 1. The van der Waals surface area contributed by atoms with E-state index >= 15 is 0 Å². The Morgan fingerprint density at radius 2 is 1.74 bits per heavy atom. The number of carbonyl (C=O) groups excluding carboxylic acids is 3. The van der Waals surface area contributed by atoms with Crippen molar-refractivity contribution in [3.63, 3.8) is 0 Å². The Balaban J connectivity index is 1.49. The molecule has 2 atom stereocenters. The molecule has 3 amide bonds. The van der Waals surface area contributed by atoms with Crippen molar-refractivity contribution in [2.45, 2.75) is 38.1 Å². The van der Waals surface area contributed by atoms with E-state index in [9.17, 15) is 14.4 Å². The second-order valence-corrected chi connectivity index (χ2v) is 10.3. The third kappa shape index (κ3) is 7.10. The standard InChI is InChI=1S/C30H31BrN4O3/c1-20(36)35-18-4-5-25(35)19-26(30(38)33-24-15-13-23(31)14-16-24)22-11-8-21(9-12-22)10-17-29(37)34-28-7-3-2-6-27(28)32/h2-3,6-17,25-26H,4-5,18-19,32H2,1H3,(H,33,38)(H,34,37)/b17-10+. The molecule has 2 unspecified atom stereocenters. The van der Waals surface area contributed by atoms with Gasteiger partial charge in [-0.2, -0.15) is 0 Å². The predicted molar refractivity (Wildman–Crippen MR) is 155 cm³/mol. The van der Waals surface area contributed by atoms with Crippen LogP contribution in [-0.4, -0.2) is 35.2 Å². The highest BCUT2D eigenvalue weighted by Crippen LogP contribution is 2.31. The average Bonchev–Trinajstić information content (AvgIpc) is 3.38. The lowest BCUT2D eigenvalue weighted by molar-refractivity contribution is -0.130. The summed E-state index contributed by atoms with van der Waals surface area (Å²) in [5.74, 6) is -0.809. The van der Waals surface area contributed by atoms with Crippen molar-refractivity contribution < 1.29 is 14.4 Å². The van der Waals surface area contributed by atoms with Gasteiger partial charge in [0.25, 0.3) is 0 Å². The molecule has 0 radical (unpaired) electrons. The van der Waals surface area contributed by atoms with Crippen LogP contribution in [0.3, 0.4) is 0 Å². The van der Waals surface area contributed by atoms with E-state index in [1.165, 1.54) is 6.08 Å². The fraction of sp³-hybridized carbons (Fsp3) is 0.233. The smallest absolute Gasteiger partial charge is 0.248 e. The van der Waals surface area contributed by atoms with Gasteiger partial charge in [-0.1, -0.05) is 52.3 Å². The van der Waals surface area contributed by atoms with Crippen molar-refractivity contribution in [3.05, 3.63) is 94.5 Å². The molecule has 0 bridgehead atoms. The van der Waals surface area contributed by atoms with E-state index in [4.69, 9.17) is 5.73 Å². The van der Waals surface area contributed by atoms with Crippen LogP contribution in [0.25, 0.3) is 6.08 Å². The fourth-order valence-corrected chi connectivity index (χ4v) is 4.99. The molecule has 1 heterocycles. The number of nitrogens with two attached hydrogens (primary N) is 1. The van der Waals surface area contributed by atoms with Crippen molar-refractivity contribution in [2.75, 3.05) is 22.9 Å². The minimum absolute atomic E-state index is 0.0156. The molecule has 0 spiro atoms. The summed E-state index contributed by atoms with van der Waals surface area (Å²) >= 11 is 3.42. The van der Waals surface area contributed by atoms with Crippen molar-refractivity contribution in [3.8, 4) is 0 Å². The van der Waals surface area contributed by atoms with Gasteiger partial charge in [-0.15, -0.1) is 0 Å². The third-order valence-electron chi connectivity index (χ3n) is 6.70. The van der Waals surface area contributed by atoms with Gasteiger partial charge >= 0.3 is 0 Å². The number of benzene rings is 3. The van der Waals surface area contributed by atoms with Gasteiger partial charge in [-0.05, 0) is 72.9 Å². The second-order valence-electron chi connectivity index (χ2n) is 9.37. The number of hydrogen-bond donors (Lipinski definition) is 3. The molecule has 4 rings (SSSR count). The van der Waals surface area contributed by atoms with Gasteiger partial charge in [-0.3, -0.25) is 14.4 Å². The number of para-hydroxylation sites is 2. The third-order valence-corrected chi connectivity index (χ3v) is 7.23. The zero-order valence-corrected chi connectivity index (χ0v) is 22.8. The number of likely N-dealkylation sites (tertiary alicyclic amines) is 1. The molecule has 7 nitrogen and oxygen atoms in total. The van der Waals surface area contributed by atoms with Gasteiger partial charge in [0, 0.05) is 35.7 Å². The molecule has 1 aliphatic heterocycles. The van der Waals surface area contributed by atoms with Crippen LogP contribution in [0.15, 0.2) is 83.3 Å². The van der Waals surface area contributed by atoms with Crippen LogP contribution in [0.4, 0.5) is 17.1 Å². The highest BCUT2D eigenvalue weighted by atomic mass is 79.9. The van der Waals surface area contributed by atoms with Crippen LogP contribution >= 0.6 is 15.9 Å². The Morgan fingerprint density at radius 1 is 1.03 bits per heavy atom. The Kier molecular flexibility index (Phi) is 8.97. The van der Waals surface area contributed by atoms with E-state index in [2.05, 4.69) is 26.6 Å². The zero-order chi connectivity index (χ0) is 27.1. The van der Waals surface area contributed by atoms with Gasteiger partial charge < -0.3 is 21.3 Å². The van der Waals surface area contributed by atoms with Gasteiger partial charge in [0.2, 0.25) is 17.7 Å². The molecular formula is C30H31BrN4O3. The quantitative estimate of drug-likeness (QED) is 0.233. The van der Waals surface area contributed by atoms with Gasteiger partial charge in [-0.25, -0.2) is 0 Å². The molecule has 1 aliphatic rings. The lowest BCUT2D eigenvalue weighted by Gasteiger charge is -2.27. The minimum Gasteiger partial charge on any atom is -0.397 e. The minimum atomic E-state index is -0.439. The molecule has 3 aromatic rings. The maximum Gasteiger partial charge on any atom is 0.248 e. The Labute approximate surface area is 231 Å². The van der Waals surface area contributed by atoms with Crippen molar-refractivity contribution >= 4 is 56.8 Å². The number of hydrogen-bond acceptors (Lipinski definition) is 4. The Morgan fingerprint density at radius 3 is 2.42 bits per heavy atom. The lowest BCUT2D eigenvalue weighted by Crippen LogP contribution is -2.36. The predicted octanol–water partition coefficient (Wildman–Crippen LogP) is 5.81. The van der Waals surface area contributed by atoms with Gasteiger partial charge in [0.1, 0.15) is 0 Å². The molecule has 4 N–H and O–H groups in total. The van der Waals surface area contributed by atoms with E-state index in [1.54, 1.807) is 37.3 Å². The number of halogens is 1. The maximum absolute atomic E-state index is 13.5.